The molecule has 0 saturated carbocycles. The van der Waals surface area contributed by atoms with Crippen LogP contribution in [0.4, 0.5) is 15.3 Å². The minimum atomic E-state index is -0.430. The summed E-state index contributed by atoms with van der Waals surface area (Å²) in [5.74, 6) is 1.21. The molecule has 0 radical (unpaired) electrons. The first kappa shape index (κ1) is 23.0. The Balaban J connectivity index is 1.05. The summed E-state index contributed by atoms with van der Waals surface area (Å²) in [6.07, 6.45) is 4.10. The van der Waals surface area contributed by atoms with E-state index in [1.165, 1.54) is 19.5 Å². The lowest BCUT2D eigenvalue weighted by molar-refractivity contribution is -0.638. The first-order valence-electron chi connectivity index (χ1n) is 12.7. The fourth-order valence-corrected chi connectivity index (χ4v) is 6.01. The van der Waals surface area contributed by atoms with E-state index in [9.17, 15) is 14.4 Å². The lowest BCUT2D eigenvalue weighted by Crippen LogP contribution is -2.81. The van der Waals surface area contributed by atoms with Crippen LogP contribution in [0, 0.1) is 11.8 Å². The molecule has 4 amide bonds. The van der Waals surface area contributed by atoms with Gasteiger partial charge in [-0.15, -0.1) is 0 Å². The van der Waals surface area contributed by atoms with E-state index in [4.69, 9.17) is 4.74 Å². The van der Waals surface area contributed by atoms with E-state index in [-0.39, 0.29) is 24.6 Å². The summed E-state index contributed by atoms with van der Waals surface area (Å²) < 4.78 is 5.38. The lowest BCUT2D eigenvalue weighted by Gasteiger charge is -2.37. The molecule has 3 fully saturated rings. The third kappa shape index (κ3) is 4.99. The number of para-hydroxylation sites is 1. The zero-order chi connectivity index (χ0) is 23.5. The first-order valence-corrected chi connectivity index (χ1v) is 12.7. The zero-order valence-corrected chi connectivity index (χ0v) is 19.8. The molecule has 3 N–H and O–H groups in total. The minimum absolute atomic E-state index is 0.0732. The van der Waals surface area contributed by atoms with Gasteiger partial charge in [0.1, 0.15) is 0 Å². The molecule has 4 aliphatic rings. The number of likely N-dealkylation sites (tertiary alicyclic amines) is 2. The molecule has 2 atom stereocenters. The standard InChI is InChI=1S/C25H35N5O4/c31-23(29-11-6-20(16-29)19-5-10-26-15-19)17-34-25(33)28-12-8-21(9-13-28)30-14-7-18-3-1-2-4-22(18)27-24(30)32/h1-4,19-21,26H,5-17H2,(H,27,32)/p+1. The quantitative estimate of drug-likeness (QED) is 0.689. The van der Waals surface area contributed by atoms with Gasteiger partial charge in [-0.25, -0.2) is 9.59 Å². The van der Waals surface area contributed by atoms with Crippen LogP contribution in [0.25, 0.3) is 0 Å². The van der Waals surface area contributed by atoms with Gasteiger partial charge in [0.15, 0.2) is 6.61 Å². The summed E-state index contributed by atoms with van der Waals surface area (Å²) in [6.45, 7) is 5.46. The van der Waals surface area contributed by atoms with Crippen LogP contribution in [0.5, 0.6) is 0 Å². The van der Waals surface area contributed by atoms with Crippen molar-refractivity contribution in [1.82, 2.24) is 14.7 Å². The van der Waals surface area contributed by atoms with Crippen LogP contribution in [0.15, 0.2) is 24.3 Å². The first-order chi connectivity index (χ1) is 16.6. The fraction of sp³-hybridized carbons (Fsp3) is 0.640. The second kappa shape index (κ2) is 10.2. The van der Waals surface area contributed by atoms with Gasteiger partial charge in [0.2, 0.25) is 0 Å². The predicted octanol–water partition coefficient (Wildman–Crippen LogP) is 1.11. The van der Waals surface area contributed by atoms with E-state index >= 15 is 0 Å². The van der Waals surface area contributed by atoms with Crippen molar-refractivity contribution < 1.29 is 24.4 Å². The Labute approximate surface area is 200 Å². The SMILES string of the molecule is O=C(COC(=O)N1CCC(N2CCc3ccccc3NC2=O)CC1)N1CCC(C2CC[NH2+]C2)C1. The molecule has 9 nitrogen and oxygen atoms in total. The number of quaternary nitrogens is 1. The average molecular weight is 471 g/mol. The lowest BCUT2D eigenvalue weighted by atomic mass is 9.91. The van der Waals surface area contributed by atoms with Crippen LogP contribution in [0.2, 0.25) is 0 Å². The molecule has 1 aromatic carbocycles. The Bertz CT molecular complexity index is 910. The van der Waals surface area contributed by atoms with Gasteiger partial charge in [0.05, 0.1) is 13.1 Å². The van der Waals surface area contributed by atoms with Gasteiger partial charge < -0.3 is 30.1 Å². The average Bonchev–Trinajstić information content (AvgIpc) is 3.53. The summed E-state index contributed by atoms with van der Waals surface area (Å²) in [6, 6.07) is 7.93. The highest BCUT2D eigenvalue weighted by Gasteiger charge is 2.36. The number of hydrogen-bond acceptors (Lipinski definition) is 4. The number of amides is 4. The van der Waals surface area contributed by atoms with Crippen LogP contribution >= 0.6 is 0 Å². The third-order valence-electron chi connectivity index (χ3n) is 8.08. The van der Waals surface area contributed by atoms with Crippen LogP contribution in [-0.4, -0.2) is 91.2 Å². The van der Waals surface area contributed by atoms with Gasteiger partial charge in [0.25, 0.3) is 5.91 Å². The molecule has 0 aromatic heterocycles. The predicted molar refractivity (Wildman–Crippen MR) is 126 cm³/mol. The van der Waals surface area contributed by atoms with Gasteiger partial charge in [0, 0.05) is 56.8 Å². The largest absolute Gasteiger partial charge is 0.439 e. The highest BCUT2D eigenvalue weighted by molar-refractivity contribution is 5.91. The Morgan fingerprint density at radius 2 is 1.79 bits per heavy atom. The highest BCUT2D eigenvalue weighted by Crippen LogP contribution is 2.27. The number of anilines is 1. The van der Waals surface area contributed by atoms with Gasteiger partial charge in [-0.3, -0.25) is 4.79 Å². The van der Waals surface area contributed by atoms with Gasteiger partial charge in [-0.2, -0.15) is 0 Å². The number of hydrogen-bond donors (Lipinski definition) is 2. The maximum atomic E-state index is 12.8. The summed E-state index contributed by atoms with van der Waals surface area (Å²) >= 11 is 0. The van der Waals surface area contributed by atoms with E-state index in [0.29, 0.717) is 44.3 Å². The second-order valence-corrected chi connectivity index (χ2v) is 10.1. The van der Waals surface area contributed by atoms with Crippen LogP contribution in [0.1, 0.15) is 31.2 Å². The highest BCUT2D eigenvalue weighted by atomic mass is 16.6. The van der Waals surface area contributed by atoms with E-state index in [1.54, 1.807) is 4.90 Å². The molecule has 184 valence electrons. The number of nitrogens with one attached hydrogen (secondary N) is 1. The Kier molecular flexibility index (Phi) is 6.89. The Morgan fingerprint density at radius 1 is 1.00 bits per heavy atom. The smallest absolute Gasteiger partial charge is 0.410 e. The zero-order valence-electron chi connectivity index (χ0n) is 19.8. The number of urea groups is 1. The van der Waals surface area contributed by atoms with Crippen LogP contribution in [0.3, 0.4) is 0 Å². The fourth-order valence-electron chi connectivity index (χ4n) is 6.01. The number of nitrogens with two attached hydrogens (primary N) is 1. The van der Waals surface area contributed by atoms with Crippen LogP contribution < -0.4 is 10.6 Å². The van der Waals surface area contributed by atoms with Crippen molar-refractivity contribution in [2.24, 2.45) is 11.8 Å². The number of nitrogens with zero attached hydrogens (tertiary/aromatic N) is 3. The molecule has 3 saturated heterocycles. The number of carbonyl (C=O) groups excluding carboxylic acids is 3. The molecule has 2 unspecified atom stereocenters. The molecule has 9 heteroatoms. The number of benzene rings is 1. The summed E-state index contributed by atoms with van der Waals surface area (Å²) in [5.41, 5.74) is 2.03. The molecule has 4 aliphatic heterocycles. The maximum Gasteiger partial charge on any atom is 0.410 e. The minimum Gasteiger partial charge on any atom is -0.439 e. The van der Waals surface area contributed by atoms with Crippen molar-refractivity contribution in [2.75, 3.05) is 57.7 Å². The third-order valence-corrected chi connectivity index (χ3v) is 8.08. The molecule has 0 aliphatic carbocycles. The monoisotopic (exact) mass is 470 g/mol. The number of rotatable bonds is 4. The normalized spacial score (nSPS) is 25.6. The number of carbonyl (C=O) groups is 3. The molecular formula is C25H36N5O4+. The van der Waals surface area contributed by atoms with Gasteiger partial charge in [-0.1, -0.05) is 18.2 Å². The number of fused-ring (bicyclic) bond motifs is 1. The maximum absolute atomic E-state index is 12.8. The van der Waals surface area contributed by atoms with Crippen LogP contribution in [-0.2, 0) is 16.0 Å². The van der Waals surface area contributed by atoms with Crippen molar-refractivity contribution in [2.45, 2.75) is 38.1 Å². The summed E-state index contributed by atoms with van der Waals surface area (Å²) in [5, 5.41) is 5.38. The van der Waals surface area contributed by atoms with Crippen molar-refractivity contribution in [3.8, 4) is 0 Å². The number of ether oxygens (including phenoxy) is 1. The molecule has 0 spiro atoms. The molecular weight excluding hydrogens is 434 g/mol. The molecule has 0 bridgehead atoms. The molecule has 1 aromatic rings. The van der Waals surface area contributed by atoms with Crippen molar-refractivity contribution in [3.63, 3.8) is 0 Å². The van der Waals surface area contributed by atoms with Gasteiger partial charge in [-0.05, 0) is 43.2 Å². The second-order valence-electron chi connectivity index (χ2n) is 10.1. The van der Waals surface area contributed by atoms with E-state index in [1.807, 2.05) is 28.0 Å². The topological polar surface area (TPSA) is 98.8 Å². The molecule has 5 rings (SSSR count). The van der Waals surface area contributed by atoms with E-state index in [0.717, 1.165) is 37.2 Å². The summed E-state index contributed by atoms with van der Waals surface area (Å²) in [7, 11) is 0. The Hall–Kier alpha value is -2.81. The van der Waals surface area contributed by atoms with Crippen molar-refractivity contribution >= 4 is 23.7 Å². The van der Waals surface area contributed by atoms with Crippen molar-refractivity contribution in [3.05, 3.63) is 29.8 Å². The summed E-state index contributed by atoms with van der Waals surface area (Å²) in [4.78, 5) is 43.4. The Morgan fingerprint density at radius 3 is 2.59 bits per heavy atom. The van der Waals surface area contributed by atoms with Gasteiger partial charge >= 0.3 is 12.1 Å². The van der Waals surface area contributed by atoms with Crippen molar-refractivity contribution in [1.29, 1.82) is 0 Å². The number of piperidine rings is 1. The van der Waals surface area contributed by atoms with E-state index < -0.39 is 6.09 Å². The molecule has 4 heterocycles. The molecule has 34 heavy (non-hydrogen) atoms. The van der Waals surface area contributed by atoms with E-state index in [2.05, 4.69) is 16.7 Å².